The van der Waals surface area contributed by atoms with Crippen molar-refractivity contribution >= 4 is 21.7 Å². The molecule has 20 heavy (non-hydrogen) atoms. The Kier molecular flexibility index (Phi) is 4.23. The molecule has 0 unspecified atom stereocenters. The quantitative estimate of drug-likeness (QED) is 0.622. The van der Waals surface area contributed by atoms with Crippen molar-refractivity contribution < 1.29 is 9.53 Å². The number of rotatable bonds is 3. The zero-order chi connectivity index (χ0) is 14.8. The molecule has 0 atom stereocenters. The summed E-state index contributed by atoms with van der Waals surface area (Å²) in [5, 5.41) is 0. The lowest BCUT2D eigenvalue weighted by Gasteiger charge is -2.21. The van der Waals surface area contributed by atoms with Gasteiger partial charge in [0.25, 0.3) is 0 Å². The molecule has 4 heteroatoms. The summed E-state index contributed by atoms with van der Waals surface area (Å²) in [6.07, 6.45) is 1.64. The van der Waals surface area contributed by atoms with E-state index in [0.717, 1.165) is 0 Å². The summed E-state index contributed by atoms with van der Waals surface area (Å²) >= 11 is 3.30. The van der Waals surface area contributed by atoms with E-state index < -0.39 is 0 Å². The van der Waals surface area contributed by atoms with Crippen molar-refractivity contribution in [2.45, 2.75) is 26.4 Å². The number of carbonyl (C=O) groups is 1. The minimum Gasteiger partial charge on any atom is -0.488 e. The molecule has 0 spiro atoms. The molecule has 1 heterocycles. The first-order valence-electron chi connectivity index (χ1n) is 6.31. The molecule has 0 radical (unpaired) electrons. The predicted molar refractivity (Wildman–Crippen MR) is 82.2 cm³/mol. The highest BCUT2D eigenvalue weighted by Crippen LogP contribution is 2.22. The van der Waals surface area contributed by atoms with Crippen molar-refractivity contribution in [2.75, 3.05) is 0 Å². The first-order chi connectivity index (χ1) is 9.37. The van der Waals surface area contributed by atoms with Crippen LogP contribution in [0.5, 0.6) is 5.75 Å². The summed E-state index contributed by atoms with van der Waals surface area (Å²) in [6, 6.07) is 10.7. The molecule has 2 aromatic rings. The summed E-state index contributed by atoms with van der Waals surface area (Å²) in [4.78, 5) is 16.5. The van der Waals surface area contributed by atoms with Gasteiger partial charge >= 0.3 is 0 Å². The van der Waals surface area contributed by atoms with Gasteiger partial charge in [0.05, 0.1) is 5.56 Å². The molecule has 1 aromatic heterocycles. The average molecular weight is 334 g/mol. The highest BCUT2D eigenvalue weighted by atomic mass is 79.9. The molecule has 3 nitrogen and oxygen atoms in total. The largest absolute Gasteiger partial charge is 0.488 e. The second-order valence-corrected chi connectivity index (χ2v) is 6.16. The molecule has 2 rings (SSSR count). The van der Waals surface area contributed by atoms with Crippen LogP contribution in [0.2, 0.25) is 0 Å². The number of ketones is 1. The smallest absolute Gasteiger partial charge is 0.195 e. The van der Waals surface area contributed by atoms with Gasteiger partial charge in [-0.1, -0.05) is 12.1 Å². The van der Waals surface area contributed by atoms with E-state index in [-0.39, 0.29) is 11.4 Å². The molecule has 0 amide bonds. The topological polar surface area (TPSA) is 39.2 Å². The number of ether oxygens (including phenoxy) is 1. The van der Waals surface area contributed by atoms with Gasteiger partial charge < -0.3 is 4.74 Å². The van der Waals surface area contributed by atoms with Crippen LogP contribution >= 0.6 is 15.9 Å². The Bertz CT molecular complexity index is 632. The van der Waals surface area contributed by atoms with E-state index in [0.29, 0.717) is 21.5 Å². The van der Waals surface area contributed by atoms with Gasteiger partial charge in [0.15, 0.2) is 5.78 Å². The van der Waals surface area contributed by atoms with Crippen molar-refractivity contribution in [1.29, 1.82) is 0 Å². The van der Waals surface area contributed by atoms with Crippen LogP contribution in [0.15, 0.2) is 47.2 Å². The molecule has 0 saturated carbocycles. The molecule has 0 aliphatic heterocycles. The molecule has 104 valence electrons. The van der Waals surface area contributed by atoms with Gasteiger partial charge in [-0.25, -0.2) is 4.98 Å². The van der Waals surface area contributed by atoms with E-state index in [1.165, 1.54) is 0 Å². The number of nitrogens with zero attached hydrogens (tertiary/aromatic N) is 1. The van der Waals surface area contributed by atoms with E-state index in [2.05, 4.69) is 20.9 Å². The number of hydrogen-bond donors (Lipinski definition) is 0. The number of pyridine rings is 1. The summed E-state index contributed by atoms with van der Waals surface area (Å²) in [7, 11) is 0. The molecule has 1 aromatic carbocycles. The van der Waals surface area contributed by atoms with E-state index in [9.17, 15) is 4.79 Å². The fourth-order valence-electron chi connectivity index (χ4n) is 1.77. The Morgan fingerprint density at radius 2 is 1.95 bits per heavy atom. The van der Waals surface area contributed by atoms with Gasteiger partial charge in [0, 0.05) is 11.8 Å². The van der Waals surface area contributed by atoms with Crippen molar-refractivity contribution in [1.82, 2.24) is 4.98 Å². The molecule has 0 N–H and O–H groups in total. The summed E-state index contributed by atoms with van der Waals surface area (Å²) < 4.78 is 6.33. The normalized spacial score (nSPS) is 11.2. The van der Waals surface area contributed by atoms with Crippen LogP contribution in [0.1, 0.15) is 36.7 Å². The van der Waals surface area contributed by atoms with Crippen LogP contribution in [-0.2, 0) is 0 Å². The average Bonchev–Trinajstić information content (AvgIpc) is 2.37. The Hall–Kier alpha value is -1.68. The Morgan fingerprint density at radius 3 is 2.60 bits per heavy atom. The summed E-state index contributed by atoms with van der Waals surface area (Å²) in [5.41, 5.74) is 0.831. The SMILES string of the molecule is CC(C)(C)Oc1cccc(C(=O)c2cccnc2Br)c1. The van der Waals surface area contributed by atoms with Gasteiger partial charge in [-0.05, 0) is 61.0 Å². The molecular formula is C16H16BrNO2. The lowest BCUT2D eigenvalue weighted by Crippen LogP contribution is -2.23. The summed E-state index contributed by atoms with van der Waals surface area (Å²) in [5.74, 6) is 0.604. The van der Waals surface area contributed by atoms with E-state index in [1.807, 2.05) is 32.9 Å². The number of benzene rings is 1. The maximum absolute atomic E-state index is 12.5. The fourth-order valence-corrected chi connectivity index (χ4v) is 2.20. The van der Waals surface area contributed by atoms with Crippen molar-refractivity contribution in [3.8, 4) is 5.75 Å². The third-order valence-corrected chi connectivity index (χ3v) is 3.16. The van der Waals surface area contributed by atoms with Crippen LogP contribution in [0.25, 0.3) is 0 Å². The standard InChI is InChI=1S/C16H16BrNO2/c1-16(2,3)20-12-7-4-6-11(10-12)14(19)13-8-5-9-18-15(13)17/h4-10H,1-3H3. The third-order valence-electron chi connectivity index (χ3n) is 2.52. The minimum absolute atomic E-state index is 0.0793. The van der Waals surface area contributed by atoms with Gasteiger partial charge in [0.1, 0.15) is 16.0 Å². The van der Waals surface area contributed by atoms with Crippen LogP contribution in [0.3, 0.4) is 0 Å². The lowest BCUT2D eigenvalue weighted by atomic mass is 10.0. The molecule has 0 bridgehead atoms. The second kappa shape index (κ2) is 5.75. The van der Waals surface area contributed by atoms with Crippen LogP contribution in [-0.4, -0.2) is 16.4 Å². The highest BCUT2D eigenvalue weighted by molar-refractivity contribution is 9.10. The highest BCUT2D eigenvalue weighted by Gasteiger charge is 2.16. The van der Waals surface area contributed by atoms with Crippen molar-refractivity contribution in [3.05, 3.63) is 58.3 Å². The predicted octanol–water partition coefficient (Wildman–Crippen LogP) is 4.25. The number of hydrogen-bond acceptors (Lipinski definition) is 3. The van der Waals surface area contributed by atoms with E-state index >= 15 is 0 Å². The number of carbonyl (C=O) groups excluding carboxylic acids is 1. The molecule has 0 fully saturated rings. The first kappa shape index (κ1) is 14.7. The third kappa shape index (κ3) is 3.67. The molecule has 0 aliphatic carbocycles. The fraction of sp³-hybridized carbons (Fsp3) is 0.250. The molecular weight excluding hydrogens is 318 g/mol. The van der Waals surface area contributed by atoms with Crippen molar-refractivity contribution in [3.63, 3.8) is 0 Å². The Labute approximate surface area is 127 Å². The van der Waals surface area contributed by atoms with Gasteiger partial charge in [-0.2, -0.15) is 0 Å². The van der Waals surface area contributed by atoms with Crippen molar-refractivity contribution in [2.24, 2.45) is 0 Å². The van der Waals surface area contributed by atoms with Gasteiger partial charge in [-0.3, -0.25) is 4.79 Å². The molecule has 0 aliphatic rings. The second-order valence-electron chi connectivity index (χ2n) is 5.41. The number of aromatic nitrogens is 1. The molecule has 0 saturated heterocycles. The Morgan fingerprint density at radius 1 is 1.20 bits per heavy atom. The first-order valence-corrected chi connectivity index (χ1v) is 7.10. The van der Waals surface area contributed by atoms with Crippen LogP contribution < -0.4 is 4.74 Å². The van der Waals surface area contributed by atoms with E-state index in [1.54, 1.807) is 30.5 Å². The zero-order valence-corrected chi connectivity index (χ0v) is 13.3. The maximum atomic E-state index is 12.5. The lowest BCUT2D eigenvalue weighted by molar-refractivity contribution is 0.103. The Balaban J connectivity index is 2.32. The summed E-state index contributed by atoms with van der Waals surface area (Å²) in [6.45, 7) is 5.91. The van der Waals surface area contributed by atoms with Crippen LogP contribution in [0.4, 0.5) is 0 Å². The maximum Gasteiger partial charge on any atom is 0.195 e. The zero-order valence-electron chi connectivity index (χ0n) is 11.7. The van der Waals surface area contributed by atoms with Crippen LogP contribution in [0, 0.1) is 0 Å². The minimum atomic E-state index is -0.295. The number of halogens is 1. The van der Waals surface area contributed by atoms with Gasteiger partial charge in [0.2, 0.25) is 0 Å². The van der Waals surface area contributed by atoms with E-state index in [4.69, 9.17) is 4.74 Å². The van der Waals surface area contributed by atoms with Gasteiger partial charge in [-0.15, -0.1) is 0 Å². The monoisotopic (exact) mass is 333 g/mol.